The third kappa shape index (κ3) is 2.58. The molecule has 16 heavy (non-hydrogen) atoms. The van der Waals surface area contributed by atoms with E-state index in [9.17, 15) is 4.39 Å². The molecule has 1 saturated heterocycles. The fourth-order valence-corrected chi connectivity index (χ4v) is 2.13. The van der Waals surface area contributed by atoms with Gasteiger partial charge in [0.15, 0.2) is 0 Å². The molecular formula is C12H17FN2O. The van der Waals surface area contributed by atoms with E-state index in [1.165, 1.54) is 6.07 Å². The summed E-state index contributed by atoms with van der Waals surface area (Å²) < 4.78 is 18.8. The second kappa shape index (κ2) is 5.39. The first-order valence-corrected chi connectivity index (χ1v) is 5.58. The van der Waals surface area contributed by atoms with Crippen LogP contribution in [0.25, 0.3) is 0 Å². The van der Waals surface area contributed by atoms with Gasteiger partial charge in [0.2, 0.25) is 0 Å². The third-order valence-corrected chi connectivity index (χ3v) is 3.15. The van der Waals surface area contributed by atoms with Gasteiger partial charge in [-0.25, -0.2) is 4.39 Å². The Morgan fingerprint density at radius 3 is 2.94 bits per heavy atom. The van der Waals surface area contributed by atoms with Crippen LogP contribution in [-0.4, -0.2) is 19.3 Å². The van der Waals surface area contributed by atoms with Gasteiger partial charge >= 0.3 is 0 Å². The molecule has 1 aromatic rings. The maximum atomic E-state index is 13.5. The SMILES string of the molecule is NNC(Cc1ccccc1F)C1CCOC1. The number of hydrogen-bond donors (Lipinski definition) is 2. The van der Waals surface area contributed by atoms with E-state index in [1.54, 1.807) is 12.1 Å². The van der Waals surface area contributed by atoms with E-state index in [0.717, 1.165) is 13.0 Å². The minimum atomic E-state index is -0.165. The zero-order valence-corrected chi connectivity index (χ0v) is 9.16. The highest BCUT2D eigenvalue weighted by Crippen LogP contribution is 2.20. The van der Waals surface area contributed by atoms with Crippen molar-refractivity contribution in [2.75, 3.05) is 13.2 Å². The van der Waals surface area contributed by atoms with Gasteiger partial charge in [0, 0.05) is 18.6 Å². The Hall–Kier alpha value is -0.970. The molecule has 0 spiro atoms. The molecule has 1 aliphatic rings. The molecule has 2 atom stereocenters. The minimum absolute atomic E-state index is 0.0828. The summed E-state index contributed by atoms with van der Waals surface area (Å²) in [6, 6.07) is 6.91. The largest absolute Gasteiger partial charge is 0.381 e. The molecule has 1 aliphatic heterocycles. The lowest BCUT2D eigenvalue weighted by Crippen LogP contribution is -2.42. The molecule has 2 unspecified atom stereocenters. The highest BCUT2D eigenvalue weighted by molar-refractivity contribution is 5.18. The quantitative estimate of drug-likeness (QED) is 0.597. The minimum Gasteiger partial charge on any atom is -0.381 e. The molecule has 88 valence electrons. The summed E-state index contributed by atoms with van der Waals surface area (Å²) in [7, 11) is 0. The number of rotatable bonds is 4. The maximum Gasteiger partial charge on any atom is 0.126 e. The normalized spacial score (nSPS) is 22.2. The Morgan fingerprint density at radius 1 is 1.50 bits per heavy atom. The topological polar surface area (TPSA) is 47.3 Å². The fraction of sp³-hybridized carbons (Fsp3) is 0.500. The number of ether oxygens (including phenoxy) is 1. The smallest absolute Gasteiger partial charge is 0.126 e. The van der Waals surface area contributed by atoms with Gasteiger partial charge in [-0.2, -0.15) is 0 Å². The van der Waals surface area contributed by atoms with Crippen LogP contribution in [0, 0.1) is 11.7 Å². The summed E-state index contributed by atoms with van der Waals surface area (Å²) in [5.74, 6) is 5.74. The molecule has 3 nitrogen and oxygen atoms in total. The summed E-state index contributed by atoms with van der Waals surface area (Å²) in [6.07, 6.45) is 1.60. The third-order valence-electron chi connectivity index (χ3n) is 3.15. The van der Waals surface area contributed by atoms with Crippen molar-refractivity contribution in [1.29, 1.82) is 0 Å². The first-order chi connectivity index (χ1) is 7.81. The Bertz CT molecular complexity index is 340. The van der Waals surface area contributed by atoms with Gasteiger partial charge in [-0.05, 0) is 24.5 Å². The summed E-state index contributed by atoms with van der Waals surface area (Å²) >= 11 is 0. The van der Waals surface area contributed by atoms with Crippen molar-refractivity contribution >= 4 is 0 Å². The van der Waals surface area contributed by atoms with Crippen LogP contribution in [0.2, 0.25) is 0 Å². The van der Waals surface area contributed by atoms with E-state index in [4.69, 9.17) is 10.6 Å². The Morgan fingerprint density at radius 2 is 2.31 bits per heavy atom. The van der Waals surface area contributed by atoms with Crippen molar-refractivity contribution < 1.29 is 9.13 Å². The molecular weight excluding hydrogens is 207 g/mol. The molecule has 0 radical (unpaired) electrons. The molecule has 0 bridgehead atoms. The van der Waals surface area contributed by atoms with Crippen LogP contribution >= 0.6 is 0 Å². The Balaban J connectivity index is 2.03. The Labute approximate surface area is 94.8 Å². The molecule has 0 aliphatic carbocycles. The Kier molecular flexibility index (Phi) is 3.88. The van der Waals surface area contributed by atoms with Crippen LogP contribution in [0.4, 0.5) is 4.39 Å². The highest BCUT2D eigenvalue weighted by Gasteiger charge is 2.25. The number of halogens is 1. The van der Waals surface area contributed by atoms with E-state index >= 15 is 0 Å². The molecule has 0 amide bonds. The van der Waals surface area contributed by atoms with Crippen LogP contribution < -0.4 is 11.3 Å². The summed E-state index contributed by atoms with van der Waals surface area (Å²) in [5, 5.41) is 0. The zero-order chi connectivity index (χ0) is 11.4. The number of nitrogens with one attached hydrogen (secondary N) is 1. The molecule has 0 aromatic heterocycles. The van der Waals surface area contributed by atoms with Gasteiger partial charge in [-0.3, -0.25) is 11.3 Å². The van der Waals surface area contributed by atoms with Gasteiger partial charge < -0.3 is 4.74 Å². The van der Waals surface area contributed by atoms with Crippen LogP contribution in [0.1, 0.15) is 12.0 Å². The van der Waals surface area contributed by atoms with Crippen LogP contribution in [0.5, 0.6) is 0 Å². The summed E-state index contributed by atoms with van der Waals surface area (Å²) in [6.45, 7) is 1.49. The lowest BCUT2D eigenvalue weighted by Gasteiger charge is -2.21. The second-order valence-electron chi connectivity index (χ2n) is 4.19. The lowest BCUT2D eigenvalue weighted by molar-refractivity contribution is 0.176. The second-order valence-corrected chi connectivity index (χ2v) is 4.19. The number of hydrogen-bond acceptors (Lipinski definition) is 3. The van der Waals surface area contributed by atoms with E-state index in [-0.39, 0.29) is 11.9 Å². The van der Waals surface area contributed by atoms with Gasteiger partial charge in [-0.1, -0.05) is 18.2 Å². The van der Waals surface area contributed by atoms with E-state index in [0.29, 0.717) is 24.5 Å². The van der Waals surface area contributed by atoms with Crippen molar-refractivity contribution in [2.45, 2.75) is 18.9 Å². The van der Waals surface area contributed by atoms with Crippen LogP contribution in [0.3, 0.4) is 0 Å². The first-order valence-electron chi connectivity index (χ1n) is 5.58. The van der Waals surface area contributed by atoms with Crippen LogP contribution in [-0.2, 0) is 11.2 Å². The standard InChI is InChI=1S/C12H17FN2O/c13-11-4-2-1-3-9(11)7-12(15-14)10-5-6-16-8-10/h1-4,10,12,15H,5-8,14H2. The van der Waals surface area contributed by atoms with Gasteiger partial charge in [0.05, 0.1) is 6.61 Å². The maximum absolute atomic E-state index is 13.5. The van der Waals surface area contributed by atoms with Gasteiger partial charge in [-0.15, -0.1) is 0 Å². The molecule has 2 rings (SSSR count). The van der Waals surface area contributed by atoms with E-state index in [2.05, 4.69) is 5.43 Å². The zero-order valence-electron chi connectivity index (χ0n) is 9.16. The van der Waals surface area contributed by atoms with Crippen molar-refractivity contribution in [1.82, 2.24) is 5.43 Å². The first kappa shape index (κ1) is 11.5. The van der Waals surface area contributed by atoms with Gasteiger partial charge in [0.1, 0.15) is 5.82 Å². The van der Waals surface area contributed by atoms with E-state index in [1.807, 2.05) is 6.07 Å². The summed E-state index contributed by atoms with van der Waals surface area (Å²) in [4.78, 5) is 0. The average molecular weight is 224 g/mol. The fourth-order valence-electron chi connectivity index (χ4n) is 2.13. The highest BCUT2D eigenvalue weighted by atomic mass is 19.1. The average Bonchev–Trinajstić information content (AvgIpc) is 2.81. The molecule has 1 aromatic carbocycles. The predicted octanol–water partition coefficient (Wildman–Crippen LogP) is 1.24. The number of nitrogens with two attached hydrogens (primary N) is 1. The van der Waals surface area contributed by atoms with Gasteiger partial charge in [0.25, 0.3) is 0 Å². The molecule has 1 heterocycles. The van der Waals surface area contributed by atoms with Crippen LogP contribution in [0.15, 0.2) is 24.3 Å². The van der Waals surface area contributed by atoms with Crippen molar-refractivity contribution in [3.05, 3.63) is 35.6 Å². The lowest BCUT2D eigenvalue weighted by atomic mass is 9.93. The van der Waals surface area contributed by atoms with Crippen molar-refractivity contribution in [2.24, 2.45) is 11.8 Å². The number of hydrazine groups is 1. The predicted molar refractivity (Wildman–Crippen MR) is 60.1 cm³/mol. The monoisotopic (exact) mass is 224 g/mol. The number of benzene rings is 1. The van der Waals surface area contributed by atoms with E-state index < -0.39 is 0 Å². The molecule has 3 N–H and O–H groups in total. The summed E-state index contributed by atoms with van der Waals surface area (Å²) in [5.41, 5.74) is 3.48. The molecule has 0 saturated carbocycles. The van der Waals surface area contributed by atoms with Crippen molar-refractivity contribution in [3.63, 3.8) is 0 Å². The molecule has 1 fully saturated rings. The van der Waals surface area contributed by atoms with Crippen molar-refractivity contribution in [3.8, 4) is 0 Å². The molecule has 4 heteroatoms.